The van der Waals surface area contributed by atoms with Crippen molar-refractivity contribution in [3.63, 3.8) is 0 Å². The van der Waals surface area contributed by atoms with Crippen molar-refractivity contribution in [1.82, 2.24) is 0 Å². The number of benzene rings is 2. The van der Waals surface area contributed by atoms with Gasteiger partial charge in [-0.1, -0.05) is 23.7 Å². The van der Waals surface area contributed by atoms with Gasteiger partial charge in [0.1, 0.15) is 11.5 Å². The number of nitrogens with one attached hydrogen (secondary N) is 1. The first-order valence-corrected chi connectivity index (χ1v) is 8.35. The zero-order valence-corrected chi connectivity index (χ0v) is 15.4. The third kappa shape index (κ3) is 5.39. The molecular formula is C19H20ClNO5. The largest absolute Gasteiger partial charge is 0.495 e. The van der Waals surface area contributed by atoms with Crippen LogP contribution in [0.4, 0.5) is 5.69 Å². The summed E-state index contributed by atoms with van der Waals surface area (Å²) in [4.78, 5) is 24.4. The maximum Gasteiger partial charge on any atom is 0.347 e. The van der Waals surface area contributed by atoms with Crippen molar-refractivity contribution in [3.8, 4) is 11.5 Å². The molecular weight excluding hydrogens is 358 g/mol. The van der Waals surface area contributed by atoms with Gasteiger partial charge in [-0.15, -0.1) is 0 Å². The molecule has 2 atom stereocenters. The molecule has 0 saturated carbocycles. The Balaban J connectivity index is 1.90. The minimum Gasteiger partial charge on any atom is -0.495 e. The molecule has 0 aliphatic rings. The standard InChI is InChI=1S/C19H20ClNO5/c1-12(18(22)21-16-6-4-5-7-17(16)24-3)26-19(23)13(2)25-15-10-8-14(20)9-11-15/h4-13H,1-3H3,(H,21,22)/t12-,13-/m1/s1. The van der Waals surface area contributed by atoms with E-state index in [0.717, 1.165) is 0 Å². The van der Waals surface area contributed by atoms with E-state index in [9.17, 15) is 9.59 Å². The summed E-state index contributed by atoms with van der Waals surface area (Å²) in [6.45, 7) is 3.03. The average molecular weight is 378 g/mol. The molecule has 26 heavy (non-hydrogen) atoms. The fourth-order valence-corrected chi connectivity index (χ4v) is 2.20. The second kappa shape index (κ2) is 9.10. The summed E-state index contributed by atoms with van der Waals surface area (Å²) < 4.78 is 15.8. The van der Waals surface area contributed by atoms with E-state index in [0.29, 0.717) is 22.2 Å². The van der Waals surface area contributed by atoms with Crippen molar-refractivity contribution < 1.29 is 23.8 Å². The highest BCUT2D eigenvalue weighted by Crippen LogP contribution is 2.23. The van der Waals surface area contributed by atoms with Gasteiger partial charge >= 0.3 is 5.97 Å². The lowest BCUT2D eigenvalue weighted by atomic mass is 10.2. The number of halogens is 1. The Bertz CT molecular complexity index is 763. The van der Waals surface area contributed by atoms with Gasteiger partial charge < -0.3 is 19.5 Å². The van der Waals surface area contributed by atoms with Crippen molar-refractivity contribution in [2.75, 3.05) is 12.4 Å². The van der Waals surface area contributed by atoms with Crippen molar-refractivity contribution in [1.29, 1.82) is 0 Å². The SMILES string of the molecule is COc1ccccc1NC(=O)[C@@H](C)OC(=O)[C@@H](C)Oc1ccc(Cl)cc1. The van der Waals surface area contributed by atoms with Gasteiger partial charge in [-0.2, -0.15) is 0 Å². The number of hydrogen-bond donors (Lipinski definition) is 1. The monoisotopic (exact) mass is 377 g/mol. The first-order valence-electron chi connectivity index (χ1n) is 7.97. The van der Waals surface area contributed by atoms with Crippen molar-refractivity contribution in [2.45, 2.75) is 26.1 Å². The molecule has 0 radical (unpaired) electrons. The van der Waals surface area contributed by atoms with E-state index in [1.54, 1.807) is 55.5 Å². The third-order valence-electron chi connectivity index (χ3n) is 3.49. The summed E-state index contributed by atoms with van der Waals surface area (Å²) in [6.07, 6.45) is -1.87. The summed E-state index contributed by atoms with van der Waals surface area (Å²) in [6, 6.07) is 13.5. The lowest BCUT2D eigenvalue weighted by molar-refractivity contribution is -0.159. The Labute approximate surface area is 157 Å². The first kappa shape index (κ1) is 19.6. The van der Waals surface area contributed by atoms with Gasteiger partial charge in [-0.3, -0.25) is 4.79 Å². The van der Waals surface area contributed by atoms with Gasteiger partial charge in [0, 0.05) is 5.02 Å². The van der Waals surface area contributed by atoms with Gasteiger partial charge in [0.25, 0.3) is 5.91 Å². The first-order chi connectivity index (χ1) is 12.4. The maximum atomic E-state index is 12.2. The lowest BCUT2D eigenvalue weighted by Gasteiger charge is -2.18. The number of anilines is 1. The summed E-state index contributed by atoms with van der Waals surface area (Å²) >= 11 is 5.80. The fraction of sp³-hybridized carbons (Fsp3) is 0.263. The van der Waals surface area contributed by atoms with Crippen molar-refractivity contribution in [3.05, 3.63) is 53.6 Å². The van der Waals surface area contributed by atoms with Crippen LogP contribution in [-0.4, -0.2) is 31.2 Å². The molecule has 0 fully saturated rings. The maximum absolute atomic E-state index is 12.2. The highest BCUT2D eigenvalue weighted by atomic mass is 35.5. The van der Waals surface area contributed by atoms with Gasteiger partial charge in [0.2, 0.25) is 0 Å². The number of ether oxygens (including phenoxy) is 3. The Kier molecular flexibility index (Phi) is 6.86. The summed E-state index contributed by atoms with van der Waals surface area (Å²) in [5, 5.41) is 3.23. The lowest BCUT2D eigenvalue weighted by Crippen LogP contribution is -2.35. The fourth-order valence-electron chi connectivity index (χ4n) is 2.07. The van der Waals surface area contributed by atoms with Crippen LogP contribution in [0.25, 0.3) is 0 Å². The number of para-hydroxylation sites is 2. The third-order valence-corrected chi connectivity index (χ3v) is 3.74. The van der Waals surface area contributed by atoms with E-state index in [1.807, 2.05) is 0 Å². The molecule has 2 rings (SSSR count). The molecule has 0 saturated heterocycles. The van der Waals surface area contributed by atoms with E-state index in [1.165, 1.54) is 14.0 Å². The Morgan fingerprint density at radius 2 is 1.65 bits per heavy atom. The molecule has 2 aromatic carbocycles. The van der Waals surface area contributed by atoms with E-state index >= 15 is 0 Å². The number of carbonyl (C=O) groups is 2. The molecule has 0 unspecified atom stereocenters. The van der Waals surface area contributed by atoms with Crippen molar-refractivity contribution in [2.24, 2.45) is 0 Å². The normalized spacial score (nSPS) is 12.6. The highest BCUT2D eigenvalue weighted by molar-refractivity contribution is 6.30. The summed E-state index contributed by atoms with van der Waals surface area (Å²) in [7, 11) is 1.50. The van der Waals surface area contributed by atoms with E-state index in [-0.39, 0.29) is 0 Å². The van der Waals surface area contributed by atoms with E-state index in [4.69, 9.17) is 25.8 Å². The number of esters is 1. The molecule has 1 amide bonds. The zero-order valence-electron chi connectivity index (χ0n) is 14.7. The Hall–Kier alpha value is -2.73. The van der Waals surface area contributed by atoms with Crippen LogP contribution in [0.15, 0.2) is 48.5 Å². The topological polar surface area (TPSA) is 73.9 Å². The molecule has 2 aromatic rings. The van der Waals surface area contributed by atoms with Crippen LogP contribution in [0.1, 0.15) is 13.8 Å². The molecule has 0 aliphatic heterocycles. The number of hydrogen-bond acceptors (Lipinski definition) is 5. The molecule has 0 bridgehead atoms. The number of carbonyl (C=O) groups excluding carboxylic acids is 2. The van der Waals surface area contributed by atoms with Crippen LogP contribution in [0.3, 0.4) is 0 Å². The molecule has 0 heterocycles. The van der Waals surface area contributed by atoms with Crippen LogP contribution in [0, 0.1) is 0 Å². The molecule has 0 aromatic heterocycles. The minimum absolute atomic E-state index is 0.471. The second-order valence-corrected chi connectivity index (χ2v) is 5.92. The molecule has 0 spiro atoms. The van der Waals surface area contributed by atoms with Gasteiger partial charge in [0.15, 0.2) is 12.2 Å². The second-order valence-electron chi connectivity index (χ2n) is 5.48. The summed E-state index contributed by atoms with van der Waals surface area (Å²) in [5.74, 6) is -0.132. The van der Waals surface area contributed by atoms with Crippen LogP contribution in [0.2, 0.25) is 5.02 Å². The molecule has 6 nitrogen and oxygen atoms in total. The van der Waals surface area contributed by atoms with Gasteiger partial charge in [-0.05, 0) is 50.2 Å². The van der Waals surface area contributed by atoms with Gasteiger partial charge in [0.05, 0.1) is 12.8 Å². The molecule has 1 N–H and O–H groups in total. The smallest absolute Gasteiger partial charge is 0.347 e. The number of rotatable bonds is 7. The van der Waals surface area contributed by atoms with Crippen LogP contribution in [0.5, 0.6) is 11.5 Å². The van der Waals surface area contributed by atoms with Crippen LogP contribution >= 0.6 is 11.6 Å². The number of amides is 1. The highest BCUT2D eigenvalue weighted by Gasteiger charge is 2.23. The quantitative estimate of drug-likeness (QED) is 0.745. The van der Waals surface area contributed by atoms with Gasteiger partial charge in [-0.25, -0.2) is 4.79 Å². The van der Waals surface area contributed by atoms with Crippen LogP contribution < -0.4 is 14.8 Å². The minimum atomic E-state index is -0.997. The molecule has 138 valence electrons. The average Bonchev–Trinajstić information content (AvgIpc) is 2.63. The summed E-state index contributed by atoms with van der Waals surface area (Å²) in [5.41, 5.74) is 0.494. The predicted octanol–water partition coefficient (Wildman–Crippen LogP) is 3.69. The van der Waals surface area contributed by atoms with Crippen LogP contribution in [-0.2, 0) is 14.3 Å². The van der Waals surface area contributed by atoms with Crippen molar-refractivity contribution >= 4 is 29.2 Å². The Morgan fingerprint density at radius 3 is 2.31 bits per heavy atom. The van der Waals surface area contributed by atoms with E-state index < -0.39 is 24.1 Å². The number of methoxy groups -OCH3 is 1. The van der Waals surface area contributed by atoms with E-state index in [2.05, 4.69) is 5.32 Å². The molecule has 7 heteroatoms. The molecule has 0 aliphatic carbocycles. The predicted molar refractivity (Wildman–Crippen MR) is 98.7 cm³/mol. The zero-order chi connectivity index (χ0) is 19.1. The Morgan fingerprint density at radius 1 is 1.00 bits per heavy atom.